The van der Waals surface area contributed by atoms with Gasteiger partial charge in [0, 0.05) is 12.6 Å². The van der Waals surface area contributed by atoms with E-state index in [9.17, 15) is 4.57 Å². The summed E-state index contributed by atoms with van der Waals surface area (Å²) < 4.78 is 17.4. The van der Waals surface area contributed by atoms with Gasteiger partial charge in [-0.25, -0.2) is 15.0 Å². The fourth-order valence-corrected chi connectivity index (χ4v) is 2.14. The van der Waals surface area contributed by atoms with Gasteiger partial charge in [-0.05, 0) is 13.8 Å². The number of hydrogen-bond donors (Lipinski definition) is 3. The maximum atomic E-state index is 10.7. The lowest BCUT2D eigenvalue weighted by Crippen LogP contribution is -2.12. The van der Waals surface area contributed by atoms with Gasteiger partial charge in [0.1, 0.15) is 18.2 Å². The number of nitrogens with one attached hydrogen (secondary N) is 1. The van der Waals surface area contributed by atoms with E-state index in [-0.39, 0.29) is 12.6 Å². The Morgan fingerprint density at radius 3 is 2.81 bits per heavy atom. The van der Waals surface area contributed by atoms with Crippen molar-refractivity contribution in [2.75, 3.05) is 18.3 Å². The summed E-state index contributed by atoms with van der Waals surface area (Å²) in [6.45, 7) is 4.56. The molecular formula is C11H18N5O4P. The highest BCUT2D eigenvalue weighted by Gasteiger charge is 2.13. The van der Waals surface area contributed by atoms with Gasteiger partial charge in [0.25, 0.3) is 0 Å². The third kappa shape index (κ3) is 4.47. The van der Waals surface area contributed by atoms with Crippen LogP contribution >= 0.6 is 7.60 Å². The van der Waals surface area contributed by atoms with Crippen LogP contribution in [0.3, 0.4) is 0 Å². The predicted molar refractivity (Wildman–Crippen MR) is 76.9 cm³/mol. The number of anilines is 1. The summed E-state index contributed by atoms with van der Waals surface area (Å²) in [7, 11) is -4.13. The Hall–Kier alpha value is -1.54. The lowest BCUT2D eigenvalue weighted by molar-refractivity contribution is 0.149. The molecule has 0 fully saturated rings. The number of fused-ring (bicyclic) bond motifs is 1. The van der Waals surface area contributed by atoms with Crippen molar-refractivity contribution in [2.24, 2.45) is 0 Å². The molecule has 0 amide bonds. The van der Waals surface area contributed by atoms with Crippen molar-refractivity contribution >= 4 is 24.6 Å². The molecule has 0 bridgehead atoms. The fraction of sp³-hybridized carbons (Fsp3) is 0.545. The average molecular weight is 315 g/mol. The number of nitrogens with zero attached hydrogens (tertiary/aromatic N) is 4. The molecule has 0 saturated heterocycles. The maximum absolute atomic E-state index is 10.7. The molecule has 10 heteroatoms. The summed E-state index contributed by atoms with van der Waals surface area (Å²) in [5, 5.41) is 3.19. The van der Waals surface area contributed by atoms with Crippen LogP contribution in [0.4, 0.5) is 5.82 Å². The Kier molecular flexibility index (Phi) is 4.89. The van der Waals surface area contributed by atoms with E-state index in [0.717, 1.165) is 0 Å². The first-order valence-corrected chi connectivity index (χ1v) is 8.21. The minimum absolute atomic E-state index is 0.160. The zero-order valence-corrected chi connectivity index (χ0v) is 12.7. The topological polar surface area (TPSA) is 122 Å². The standard InChI is InChI=1S/C11H18N5O4P/c1-8(2)15-10-9-11(13-5-12-10)16(6-14-9)3-4-20-7-21(17,18)19/h5-6,8H,3-4,7H2,1-2H3,(H,12,13,15)(H2,17,18,19). The van der Waals surface area contributed by atoms with Crippen molar-refractivity contribution in [3.63, 3.8) is 0 Å². The van der Waals surface area contributed by atoms with Gasteiger partial charge in [0.15, 0.2) is 11.5 Å². The number of hydrogen-bond acceptors (Lipinski definition) is 6. The Morgan fingerprint density at radius 2 is 2.14 bits per heavy atom. The first-order valence-electron chi connectivity index (χ1n) is 6.41. The maximum Gasteiger partial charge on any atom is 0.350 e. The summed E-state index contributed by atoms with van der Waals surface area (Å²) in [5.41, 5.74) is 1.30. The minimum atomic E-state index is -4.13. The van der Waals surface area contributed by atoms with Crippen LogP contribution in [-0.4, -0.2) is 48.3 Å². The summed E-state index contributed by atoms with van der Waals surface area (Å²) in [4.78, 5) is 30.0. The molecular weight excluding hydrogens is 297 g/mol. The van der Waals surface area contributed by atoms with Crippen LogP contribution in [0.1, 0.15) is 13.8 Å². The van der Waals surface area contributed by atoms with Gasteiger partial charge >= 0.3 is 7.60 Å². The molecule has 2 rings (SSSR count). The lowest BCUT2D eigenvalue weighted by atomic mass is 10.4. The molecule has 0 atom stereocenters. The van der Waals surface area contributed by atoms with Crippen molar-refractivity contribution in [1.82, 2.24) is 19.5 Å². The highest BCUT2D eigenvalue weighted by molar-refractivity contribution is 7.51. The van der Waals surface area contributed by atoms with Crippen LogP contribution in [0.5, 0.6) is 0 Å². The molecule has 0 aliphatic heterocycles. The van der Waals surface area contributed by atoms with Crippen LogP contribution < -0.4 is 5.32 Å². The minimum Gasteiger partial charge on any atom is -0.367 e. The van der Waals surface area contributed by atoms with E-state index in [1.165, 1.54) is 6.33 Å². The fourth-order valence-electron chi connectivity index (χ4n) is 1.77. The van der Waals surface area contributed by atoms with E-state index in [2.05, 4.69) is 20.3 Å². The second kappa shape index (κ2) is 6.48. The van der Waals surface area contributed by atoms with Crippen LogP contribution in [0.15, 0.2) is 12.7 Å². The van der Waals surface area contributed by atoms with Crippen molar-refractivity contribution in [3.05, 3.63) is 12.7 Å². The number of rotatable bonds is 7. The Balaban J connectivity index is 2.06. The van der Waals surface area contributed by atoms with E-state index in [1.54, 1.807) is 10.9 Å². The normalized spacial score (nSPS) is 12.2. The van der Waals surface area contributed by atoms with Gasteiger partial charge in [-0.3, -0.25) is 4.57 Å². The van der Waals surface area contributed by atoms with E-state index < -0.39 is 13.9 Å². The first kappa shape index (κ1) is 15.8. The van der Waals surface area contributed by atoms with Gasteiger partial charge in [-0.1, -0.05) is 0 Å². The predicted octanol–water partition coefficient (Wildman–Crippen LogP) is 0.798. The zero-order valence-electron chi connectivity index (χ0n) is 11.8. The molecule has 116 valence electrons. The number of ether oxygens (including phenoxy) is 1. The van der Waals surface area contributed by atoms with E-state index >= 15 is 0 Å². The molecule has 0 aliphatic carbocycles. The molecule has 0 spiro atoms. The lowest BCUT2D eigenvalue weighted by Gasteiger charge is -2.09. The van der Waals surface area contributed by atoms with E-state index in [0.29, 0.717) is 23.5 Å². The first-order chi connectivity index (χ1) is 9.87. The van der Waals surface area contributed by atoms with Crippen LogP contribution in [0.2, 0.25) is 0 Å². The SMILES string of the molecule is CC(C)Nc1ncnc2c1ncn2CCOCP(=O)(O)O. The summed E-state index contributed by atoms with van der Waals surface area (Å²) in [6, 6.07) is 0.222. The molecule has 3 N–H and O–H groups in total. The van der Waals surface area contributed by atoms with Gasteiger partial charge < -0.3 is 24.4 Å². The Morgan fingerprint density at radius 1 is 1.38 bits per heavy atom. The molecule has 2 aromatic rings. The highest BCUT2D eigenvalue weighted by atomic mass is 31.2. The smallest absolute Gasteiger partial charge is 0.350 e. The molecule has 9 nitrogen and oxygen atoms in total. The second-order valence-electron chi connectivity index (χ2n) is 4.83. The third-order valence-electron chi connectivity index (χ3n) is 2.56. The Bertz CT molecular complexity index is 653. The quantitative estimate of drug-likeness (QED) is 0.506. The number of imidazole rings is 1. The van der Waals surface area contributed by atoms with Crippen molar-refractivity contribution in [3.8, 4) is 0 Å². The van der Waals surface area contributed by atoms with Crippen LogP contribution in [0, 0.1) is 0 Å². The van der Waals surface area contributed by atoms with Crippen LogP contribution in [0.25, 0.3) is 11.2 Å². The van der Waals surface area contributed by atoms with Crippen LogP contribution in [-0.2, 0) is 15.8 Å². The van der Waals surface area contributed by atoms with Gasteiger partial charge in [0.2, 0.25) is 0 Å². The molecule has 0 aromatic carbocycles. The van der Waals surface area contributed by atoms with Crippen molar-refractivity contribution in [1.29, 1.82) is 0 Å². The molecule has 2 heterocycles. The van der Waals surface area contributed by atoms with Crippen molar-refractivity contribution < 1.29 is 19.1 Å². The van der Waals surface area contributed by atoms with Gasteiger partial charge in [0.05, 0.1) is 12.9 Å². The summed E-state index contributed by atoms with van der Waals surface area (Å²) in [6.07, 6.45) is 2.46. The van der Waals surface area contributed by atoms with E-state index in [1.807, 2.05) is 13.8 Å². The molecule has 0 radical (unpaired) electrons. The highest BCUT2D eigenvalue weighted by Crippen LogP contribution is 2.33. The zero-order chi connectivity index (χ0) is 15.5. The van der Waals surface area contributed by atoms with E-state index in [4.69, 9.17) is 14.5 Å². The molecule has 21 heavy (non-hydrogen) atoms. The monoisotopic (exact) mass is 315 g/mol. The molecule has 0 unspecified atom stereocenters. The van der Waals surface area contributed by atoms with Crippen molar-refractivity contribution in [2.45, 2.75) is 26.4 Å². The summed E-state index contributed by atoms with van der Waals surface area (Å²) >= 11 is 0. The average Bonchev–Trinajstić information content (AvgIpc) is 2.77. The summed E-state index contributed by atoms with van der Waals surface area (Å²) in [5.74, 6) is 0.657. The third-order valence-corrected chi connectivity index (χ3v) is 3.08. The second-order valence-corrected chi connectivity index (χ2v) is 6.42. The molecule has 2 aromatic heterocycles. The number of aromatic nitrogens is 4. The molecule has 0 saturated carbocycles. The largest absolute Gasteiger partial charge is 0.367 e. The Labute approximate surface area is 121 Å². The van der Waals surface area contributed by atoms with Gasteiger partial charge in [-0.2, -0.15) is 0 Å². The molecule has 0 aliphatic rings. The van der Waals surface area contributed by atoms with Gasteiger partial charge in [-0.15, -0.1) is 0 Å².